The molecule has 1 fully saturated rings. The number of hydrogen-bond donors (Lipinski definition) is 2. The summed E-state index contributed by atoms with van der Waals surface area (Å²) in [6, 6.07) is -1.04. The Balaban J connectivity index is 2.53. The molecule has 1 rings (SSSR count). The smallest absolute Gasteiger partial charge is 0.323 e. The molecule has 1 saturated heterocycles. The third kappa shape index (κ3) is 3.33. The van der Waals surface area contributed by atoms with Crippen molar-refractivity contribution in [3.05, 3.63) is 0 Å². The van der Waals surface area contributed by atoms with Crippen molar-refractivity contribution in [3.63, 3.8) is 0 Å². The summed E-state index contributed by atoms with van der Waals surface area (Å²) in [5, 5.41) is 11.2. The van der Waals surface area contributed by atoms with E-state index in [0.29, 0.717) is 13.0 Å². The van der Waals surface area contributed by atoms with Gasteiger partial charge in [0, 0.05) is 20.1 Å². The number of likely N-dealkylation sites (tertiary alicyclic amines) is 1. The number of carboxylic acid groups (broad SMARTS) is 1. The molecule has 1 heterocycles. The topological polar surface area (TPSA) is 89.9 Å². The molecule has 1 aliphatic heterocycles. The lowest BCUT2D eigenvalue weighted by atomic mass is 10.2. The van der Waals surface area contributed by atoms with E-state index < -0.39 is 18.0 Å². The third-order valence-corrected chi connectivity index (χ3v) is 2.72. The zero-order chi connectivity index (χ0) is 13.0. The minimum Gasteiger partial charge on any atom is -0.480 e. The average Bonchev–Trinajstić information content (AvgIpc) is 2.57. The zero-order valence-electron chi connectivity index (χ0n) is 9.97. The number of aliphatic carboxylic acids is 1. The Bertz CT molecular complexity index is 332. The number of likely N-dealkylation sites (N-methyl/N-ethyl adjacent to an activating group) is 2. The van der Waals surface area contributed by atoms with E-state index in [9.17, 15) is 14.4 Å². The molecule has 0 bridgehead atoms. The monoisotopic (exact) mass is 243 g/mol. The van der Waals surface area contributed by atoms with Gasteiger partial charge in [0.15, 0.2) is 0 Å². The number of carbonyl (C=O) groups excluding carboxylic acids is 2. The maximum absolute atomic E-state index is 11.7. The number of carbonyl (C=O) groups is 3. The highest BCUT2D eigenvalue weighted by atomic mass is 16.4. The number of amides is 3. The predicted octanol–water partition coefficient (Wildman–Crippen LogP) is -0.667. The molecule has 0 aromatic rings. The number of hydrogen-bond acceptors (Lipinski definition) is 3. The summed E-state index contributed by atoms with van der Waals surface area (Å²) in [6.45, 7) is 2.22. The second kappa shape index (κ2) is 5.51. The summed E-state index contributed by atoms with van der Waals surface area (Å²) >= 11 is 0. The molecule has 0 spiro atoms. The van der Waals surface area contributed by atoms with Gasteiger partial charge in [0.25, 0.3) is 0 Å². The summed E-state index contributed by atoms with van der Waals surface area (Å²) in [5.41, 5.74) is 0. The first-order valence-corrected chi connectivity index (χ1v) is 5.48. The van der Waals surface area contributed by atoms with Crippen molar-refractivity contribution in [3.8, 4) is 0 Å². The Morgan fingerprint density at radius 1 is 1.59 bits per heavy atom. The number of carboxylic acids is 1. The molecule has 96 valence electrons. The average molecular weight is 243 g/mol. The molecular weight excluding hydrogens is 226 g/mol. The first-order chi connectivity index (χ1) is 7.95. The SMILES string of the molecule is CCN(CC(=O)O)C(=O)NC1CCN(C)C1=O. The van der Waals surface area contributed by atoms with Crippen LogP contribution >= 0.6 is 0 Å². The van der Waals surface area contributed by atoms with Crippen molar-refractivity contribution in [1.82, 2.24) is 15.1 Å². The fourth-order valence-electron chi connectivity index (χ4n) is 1.69. The van der Waals surface area contributed by atoms with Gasteiger partial charge in [-0.15, -0.1) is 0 Å². The van der Waals surface area contributed by atoms with Crippen molar-refractivity contribution < 1.29 is 19.5 Å². The summed E-state index contributed by atoms with van der Waals surface area (Å²) < 4.78 is 0. The van der Waals surface area contributed by atoms with Crippen molar-refractivity contribution in [2.45, 2.75) is 19.4 Å². The quantitative estimate of drug-likeness (QED) is 0.685. The molecule has 2 N–H and O–H groups in total. The molecule has 1 aliphatic rings. The molecule has 1 atom stereocenters. The normalized spacial score (nSPS) is 19.3. The van der Waals surface area contributed by atoms with Crippen LogP contribution in [0.15, 0.2) is 0 Å². The van der Waals surface area contributed by atoms with Crippen LogP contribution in [-0.2, 0) is 9.59 Å². The number of nitrogens with zero attached hydrogens (tertiary/aromatic N) is 2. The van der Waals surface area contributed by atoms with E-state index >= 15 is 0 Å². The minimum atomic E-state index is -1.07. The Hall–Kier alpha value is -1.79. The van der Waals surface area contributed by atoms with E-state index in [1.54, 1.807) is 18.9 Å². The molecule has 0 radical (unpaired) electrons. The van der Waals surface area contributed by atoms with Gasteiger partial charge >= 0.3 is 12.0 Å². The van der Waals surface area contributed by atoms with E-state index in [2.05, 4.69) is 5.32 Å². The van der Waals surface area contributed by atoms with Crippen LogP contribution in [-0.4, -0.2) is 65.5 Å². The van der Waals surface area contributed by atoms with Gasteiger partial charge in [0.1, 0.15) is 12.6 Å². The Morgan fingerprint density at radius 3 is 2.65 bits per heavy atom. The van der Waals surface area contributed by atoms with Crippen molar-refractivity contribution in [1.29, 1.82) is 0 Å². The third-order valence-electron chi connectivity index (χ3n) is 2.72. The highest BCUT2D eigenvalue weighted by molar-refractivity contribution is 5.89. The zero-order valence-corrected chi connectivity index (χ0v) is 9.97. The molecule has 0 saturated carbocycles. The molecule has 3 amide bonds. The molecular formula is C10H17N3O4. The highest BCUT2D eigenvalue weighted by Crippen LogP contribution is 2.08. The van der Waals surface area contributed by atoms with E-state index in [0.717, 1.165) is 4.90 Å². The fourth-order valence-corrected chi connectivity index (χ4v) is 1.69. The molecule has 7 heteroatoms. The summed E-state index contributed by atoms with van der Waals surface area (Å²) in [6.07, 6.45) is 0.561. The number of rotatable bonds is 4. The lowest BCUT2D eigenvalue weighted by Gasteiger charge is -2.21. The maximum Gasteiger partial charge on any atom is 0.323 e. The summed E-state index contributed by atoms with van der Waals surface area (Å²) in [5.74, 6) is -1.21. The highest BCUT2D eigenvalue weighted by Gasteiger charge is 2.31. The lowest BCUT2D eigenvalue weighted by Crippen LogP contribution is -2.48. The lowest BCUT2D eigenvalue weighted by molar-refractivity contribution is -0.137. The van der Waals surface area contributed by atoms with Gasteiger partial charge in [0.05, 0.1) is 0 Å². The fraction of sp³-hybridized carbons (Fsp3) is 0.700. The Morgan fingerprint density at radius 2 is 2.24 bits per heavy atom. The van der Waals surface area contributed by atoms with Crippen molar-refractivity contribution in [2.75, 3.05) is 26.7 Å². The minimum absolute atomic E-state index is 0.135. The van der Waals surface area contributed by atoms with Crippen LogP contribution in [0.1, 0.15) is 13.3 Å². The van der Waals surface area contributed by atoms with Gasteiger partial charge in [0.2, 0.25) is 5.91 Å². The summed E-state index contributed by atoms with van der Waals surface area (Å²) in [4.78, 5) is 36.5. The second-order valence-electron chi connectivity index (χ2n) is 3.96. The largest absolute Gasteiger partial charge is 0.480 e. The van der Waals surface area contributed by atoms with Crippen LogP contribution in [0.4, 0.5) is 4.79 Å². The molecule has 17 heavy (non-hydrogen) atoms. The van der Waals surface area contributed by atoms with Crippen LogP contribution in [0.25, 0.3) is 0 Å². The van der Waals surface area contributed by atoms with Crippen LogP contribution in [0.2, 0.25) is 0 Å². The predicted molar refractivity (Wildman–Crippen MR) is 59.5 cm³/mol. The van der Waals surface area contributed by atoms with Gasteiger partial charge in [-0.2, -0.15) is 0 Å². The van der Waals surface area contributed by atoms with Crippen molar-refractivity contribution in [2.24, 2.45) is 0 Å². The summed E-state index contributed by atoms with van der Waals surface area (Å²) in [7, 11) is 1.67. The van der Waals surface area contributed by atoms with Gasteiger partial charge in [-0.25, -0.2) is 4.79 Å². The van der Waals surface area contributed by atoms with E-state index in [-0.39, 0.29) is 19.0 Å². The molecule has 0 aliphatic carbocycles. The molecule has 0 aromatic carbocycles. The standard InChI is InChI=1S/C10H17N3O4/c1-3-13(6-8(14)15)10(17)11-7-4-5-12(2)9(7)16/h7H,3-6H2,1-2H3,(H,11,17)(H,14,15). The first kappa shape index (κ1) is 13.3. The maximum atomic E-state index is 11.7. The Kier molecular flexibility index (Phi) is 4.30. The van der Waals surface area contributed by atoms with Crippen molar-refractivity contribution >= 4 is 17.9 Å². The van der Waals surface area contributed by atoms with Gasteiger partial charge in [-0.1, -0.05) is 0 Å². The number of urea groups is 1. The molecule has 1 unspecified atom stereocenters. The van der Waals surface area contributed by atoms with Crippen LogP contribution in [0.3, 0.4) is 0 Å². The van der Waals surface area contributed by atoms with E-state index in [1.807, 2.05) is 0 Å². The first-order valence-electron chi connectivity index (χ1n) is 5.48. The number of nitrogens with one attached hydrogen (secondary N) is 1. The van der Waals surface area contributed by atoms with Gasteiger partial charge in [-0.3, -0.25) is 9.59 Å². The van der Waals surface area contributed by atoms with Crippen LogP contribution in [0.5, 0.6) is 0 Å². The molecule has 7 nitrogen and oxygen atoms in total. The van der Waals surface area contributed by atoms with Gasteiger partial charge < -0.3 is 20.2 Å². The van der Waals surface area contributed by atoms with E-state index in [1.165, 1.54) is 0 Å². The Labute approximate surface area is 99.4 Å². The van der Waals surface area contributed by atoms with Gasteiger partial charge in [-0.05, 0) is 13.3 Å². The molecule has 0 aromatic heterocycles. The van der Waals surface area contributed by atoms with E-state index in [4.69, 9.17) is 5.11 Å². The second-order valence-corrected chi connectivity index (χ2v) is 3.96. The van der Waals surface area contributed by atoms with Crippen LogP contribution in [0, 0.1) is 0 Å². The van der Waals surface area contributed by atoms with Crippen LogP contribution < -0.4 is 5.32 Å².